The lowest BCUT2D eigenvalue weighted by Crippen LogP contribution is -2.19. The molecule has 4 aromatic rings. The van der Waals surface area contributed by atoms with Crippen LogP contribution in [0.15, 0.2) is 57.1 Å². The average molecular weight is 453 g/mol. The van der Waals surface area contributed by atoms with E-state index in [4.69, 9.17) is 27.0 Å². The molecule has 0 aliphatic carbocycles. The minimum atomic E-state index is -0.321. The Morgan fingerprint density at radius 3 is 2.81 bits per heavy atom. The van der Waals surface area contributed by atoms with E-state index in [-0.39, 0.29) is 28.2 Å². The number of nitrogens with two attached hydrogens (primary N) is 1. The Bertz CT molecular complexity index is 1410. The van der Waals surface area contributed by atoms with Gasteiger partial charge in [0, 0.05) is 24.9 Å². The average Bonchev–Trinajstić information content (AvgIpc) is 3.20. The van der Waals surface area contributed by atoms with Gasteiger partial charge < -0.3 is 20.7 Å². The number of pyridine rings is 1. The molecule has 3 aromatic heterocycles. The quantitative estimate of drug-likeness (QED) is 0.138. The molecule has 0 aliphatic rings. The summed E-state index contributed by atoms with van der Waals surface area (Å²) in [6.45, 7) is 3.82. The molecule has 0 radical (unpaired) electrons. The lowest BCUT2D eigenvalue weighted by atomic mass is 10.0. The number of anilines is 1. The summed E-state index contributed by atoms with van der Waals surface area (Å²) in [4.78, 5) is 17.0. The molecule has 1 atom stereocenters. The number of amidine groups is 1. The maximum absolute atomic E-state index is 12.9. The third-order valence-corrected chi connectivity index (χ3v) is 5.25. The summed E-state index contributed by atoms with van der Waals surface area (Å²) < 4.78 is 7.83. The molecule has 0 unspecified atom stereocenters. The molecule has 0 saturated heterocycles. The summed E-state index contributed by atoms with van der Waals surface area (Å²) in [6, 6.07) is 8.19. The lowest BCUT2D eigenvalue weighted by Gasteiger charge is -2.19. The predicted molar refractivity (Wildman–Crippen MR) is 123 cm³/mol. The number of hydrogen-bond donors (Lipinski definition) is 3. The summed E-state index contributed by atoms with van der Waals surface area (Å²) >= 11 is 5.98. The van der Waals surface area contributed by atoms with Crippen LogP contribution < -0.4 is 16.5 Å². The highest BCUT2D eigenvalue weighted by molar-refractivity contribution is 6.29. The Balaban J connectivity index is 1.84. The van der Waals surface area contributed by atoms with Crippen LogP contribution in [0.1, 0.15) is 29.8 Å². The zero-order valence-electron chi connectivity index (χ0n) is 17.6. The first-order chi connectivity index (χ1) is 15.3. The number of aromatic nitrogens is 3. The van der Waals surface area contributed by atoms with E-state index in [9.17, 15) is 4.79 Å². The molecular weight excluding hydrogens is 432 g/mol. The van der Waals surface area contributed by atoms with Gasteiger partial charge in [-0.2, -0.15) is 5.10 Å². The molecule has 0 aliphatic heterocycles. The second-order valence-electron chi connectivity index (χ2n) is 7.49. The number of benzene rings is 1. The van der Waals surface area contributed by atoms with Crippen LogP contribution in [0.5, 0.6) is 0 Å². The van der Waals surface area contributed by atoms with E-state index in [2.05, 4.69) is 20.6 Å². The fourth-order valence-electron chi connectivity index (χ4n) is 3.55. The first-order valence-corrected chi connectivity index (χ1v) is 10.1. The second kappa shape index (κ2) is 8.35. The molecule has 164 valence electrons. The van der Waals surface area contributed by atoms with E-state index in [1.165, 1.54) is 6.07 Å². The van der Waals surface area contributed by atoms with Gasteiger partial charge >= 0.3 is 0 Å². The highest BCUT2D eigenvalue weighted by Gasteiger charge is 2.19. The van der Waals surface area contributed by atoms with Crippen LogP contribution in [0, 0.1) is 6.92 Å². The fraction of sp³-hybridized carbons (Fsp3) is 0.182. The van der Waals surface area contributed by atoms with Crippen LogP contribution in [0.3, 0.4) is 0 Å². The molecule has 3 heterocycles. The van der Waals surface area contributed by atoms with Gasteiger partial charge in [-0.05, 0) is 37.6 Å². The molecule has 0 bridgehead atoms. The van der Waals surface area contributed by atoms with Crippen molar-refractivity contribution in [2.24, 2.45) is 17.9 Å². The number of fused-ring (bicyclic) bond motifs is 1. The minimum absolute atomic E-state index is 0.146. The van der Waals surface area contributed by atoms with Gasteiger partial charge in [0.2, 0.25) is 0 Å². The van der Waals surface area contributed by atoms with Crippen molar-refractivity contribution in [3.05, 3.63) is 74.9 Å². The molecule has 0 amide bonds. The van der Waals surface area contributed by atoms with Gasteiger partial charge in [-0.15, -0.1) is 0 Å². The first kappa shape index (κ1) is 21.4. The number of aryl methyl sites for hydroxylation is 2. The highest BCUT2D eigenvalue weighted by Crippen LogP contribution is 2.31. The van der Waals surface area contributed by atoms with Crippen LogP contribution in [0.4, 0.5) is 5.69 Å². The van der Waals surface area contributed by atoms with E-state index < -0.39 is 0 Å². The third-order valence-electron chi connectivity index (χ3n) is 5.04. The summed E-state index contributed by atoms with van der Waals surface area (Å²) in [5.74, 6) is 0.250. The first-order valence-electron chi connectivity index (χ1n) is 9.75. The van der Waals surface area contributed by atoms with Gasteiger partial charge in [-0.3, -0.25) is 9.48 Å². The molecule has 0 spiro atoms. The van der Waals surface area contributed by atoms with Gasteiger partial charge in [-0.1, -0.05) is 22.8 Å². The van der Waals surface area contributed by atoms with Crippen molar-refractivity contribution in [3.8, 4) is 11.3 Å². The molecule has 4 rings (SSSR count). The number of halogens is 1. The summed E-state index contributed by atoms with van der Waals surface area (Å²) in [7, 11) is 1.79. The molecule has 9 nitrogen and oxygen atoms in total. The Morgan fingerprint density at radius 2 is 2.12 bits per heavy atom. The Kier molecular flexibility index (Phi) is 5.58. The summed E-state index contributed by atoms with van der Waals surface area (Å²) in [6.07, 6.45) is 3.42. The van der Waals surface area contributed by atoms with Crippen LogP contribution in [0.2, 0.25) is 5.15 Å². The fourth-order valence-corrected chi connectivity index (χ4v) is 3.70. The topological polar surface area (TPSA) is 132 Å². The largest absolute Gasteiger partial charge is 0.455 e. The maximum Gasteiger partial charge on any atom is 0.193 e. The zero-order chi connectivity index (χ0) is 23.0. The molecular formula is C22H21ClN6O3. The number of nitrogens with one attached hydrogen (secondary N) is 1. The Labute approximate surface area is 188 Å². The maximum atomic E-state index is 12.9. The van der Waals surface area contributed by atoms with Crippen molar-refractivity contribution < 1.29 is 9.62 Å². The summed E-state index contributed by atoms with van der Waals surface area (Å²) in [5, 5.41) is 20.3. The third kappa shape index (κ3) is 4.02. The van der Waals surface area contributed by atoms with Gasteiger partial charge in [0.25, 0.3) is 0 Å². The minimum Gasteiger partial charge on any atom is -0.455 e. The number of hydrogen-bond acceptors (Lipinski definition) is 7. The van der Waals surface area contributed by atoms with Crippen molar-refractivity contribution in [2.75, 3.05) is 5.32 Å². The number of nitrogens with zero attached hydrogens (tertiary/aromatic N) is 4. The van der Waals surface area contributed by atoms with Crippen molar-refractivity contribution in [1.82, 2.24) is 14.8 Å². The van der Waals surface area contributed by atoms with E-state index >= 15 is 0 Å². The van der Waals surface area contributed by atoms with Gasteiger partial charge in [0.15, 0.2) is 11.3 Å². The standard InChI is InChI=1S/C22H21ClN6O3/c1-11-6-14(12(2)26-16-4-5-19(23)27-20(16)22(24)28-31)21-15(7-11)17(30)8-18(32-21)13-9-25-29(3)10-13/h4-10,12,26,31H,1-3H3,(H2,24,28)/t12-/m1/s1. The smallest absolute Gasteiger partial charge is 0.193 e. The number of rotatable bonds is 5. The van der Waals surface area contributed by atoms with Gasteiger partial charge in [0.1, 0.15) is 22.2 Å². The van der Waals surface area contributed by atoms with E-state index in [0.717, 1.165) is 11.1 Å². The monoisotopic (exact) mass is 452 g/mol. The van der Waals surface area contributed by atoms with Crippen LogP contribution in [-0.4, -0.2) is 25.8 Å². The van der Waals surface area contributed by atoms with E-state index in [1.54, 1.807) is 42.3 Å². The van der Waals surface area contributed by atoms with E-state index in [0.29, 0.717) is 28.0 Å². The highest BCUT2D eigenvalue weighted by atomic mass is 35.5. The van der Waals surface area contributed by atoms with Crippen molar-refractivity contribution >= 4 is 34.1 Å². The lowest BCUT2D eigenvalue weighted by molar-refractivity contribution is 0.318. The number of oxime groups is 1. The van der Waals surface area contributed by atoms with Gasteiger partial charge in [0.05, 0.1) is 28.9 Å². The van der Waals surface area contributed by atoms with Crippen molar-refractivity contribution in [2.45, 2.75) is 19.9 Å². The zero-order valence-corrected chi connectivity index (χ0v) is 18.4. The molecule has 10 heteroatoms. The van der Waals surface area contributed by atoms with Crippen molar-refractivity contribution in [3.63, 3.8) is 0 Å². The van der Waals surface area contributed by atoms with Gasteiger partial charge in [-0.25, -0.2) is 4.98 Å². The normalized spacial score (nSPS) is 12.8. The summed E-state index contributed by atoms with van der Waals surface area (Å²) in [5.41, 5.74) is 9.19. The molecule has 0 fully saturated rings. The molecule has 4 N–H and O–H groups in total. The van der Waals surface area contributed by atoms with Crippen LogP contribution in [0.25, 0.3) is 22.3 Å². The molecule has 1 aromatic carbocycles. The van der Waals surface area contributed by atoms with Crippen molar-refractivity contribution in [1.29, 1.82) is 0 Å². The van der Waals surface area contributed by atoms with E-state index in [1.807, 2.05) is 19.9 Å². The predicted octanol–water partition coefficient (Wildman–Crippen LogP) is 3.82. The molecule has 32 heavy (non-hydrogen) atoms. The SMILES string of the molecule is Cc1cc([C@@H](C)Nc2ccc(Cl)nc2/C(N)=N/O)c2oc(-c3cnn(C)c3)cc(=O)c2c1. The van der Waals surface area contributed by atoms with Crippen LogP contribution in [-0.2, 0) is 7.05 Å². The second-order valence-corrected chi connectivity index (χ2v) is 7.88. The van der Waals surface area contributed by atoms with Crippen LogP contribution >= 0.6 is 11.6 Å². The molecule has 0 saturated carbocycles. The Morgan fingerprint density at radius 1 is 1.34 bits per heavy atom. The Hall–Kier alpha value is -3.85.